The number of sulfonamides is 1. The van der Waals surface area contributed by atoms with E-state index in [1.54, 1.807) is 0 Å². The quantitative estimate of drug-likeness (QED) is 0.805. The lowest BCUT2D eigenvalue weighted by Gasteiger charge is -2.37. The predicted octanol–water partition coefficient (Wildman–Crippen LogP) is 1.02. The van der Waals surface area contributed by atoms with Crippen molar-refractivity contribution in [1.82, 2.24) is 14.7 Å². The SMILES string of the molecule is O=S(=O)(NC1CC(Cl)(Cl)C1)c1ncc[nH]1. The zero-order chi connectivity index (χ0) is 11.1. The molecule has 15 heavy (non-hydrogen) atoms. The summed E-state index contributed by atoms with van der Waals surface area (Å²) in [5.41, 5.74) is 0. The van der Waals surface area contributed by atoms with Gasteiger partial charge in [-0.1, -0.05) is 0 Å². The number of hydrogen-bond donors (Lipinski definition) is 2. The van der Waals surface area contributed by atoms with E-state index in [2.05, 4.69) is 14.7 Å². The molecule has 0 radical (unpaired) electrons. The van der Waals surface area contributed by atoms with Crippen molar-refractivity contribution in [3.63, 3.8) is 0 Å². The van der Waals surface area contributed by atoms with Crippen LogP contribution in [0.4, 0.5) is 0 Å². The molecular formula is C7H9Cl2N3O2S. The number of H-pyrrole nitrogens is 1. The van der Waals surface area contributed by atoms with Gasteiger partial charge in [-0.25, -0.2) is 18.1 Å². The van der Waals surface area contributed by atoms with Gasteiger partial charge in [-0.2, -0.15) is 0 Å². The minimum Gasteiger partial charge on any atom is -0.334 e. The van der Waals surface area contributed by atoms with Gasteiger partial charge < -0.3 is 4.98 Å². The van der Waals surface area contributed by atoms with E-state index < -0.39 is 14.4 Å². The van der Waals surface area contributed by atoms with Crippen molar-refractivity contribution < 1.29 is 8.42 Å². The molecule has 0 bridgehead atoms. The Bertz CT molecular complexity index is 435. The van der Waals surface area contributed by atoms with Crippen LogP contribution in [0.25, 0.3) is 0 Å². The lowest BCUT2D eigenvalue weighted by molar-refractivity contribution is 0.358. The highest BCUT2D eigenvalue weighted by Gasteiger charge is 2.43. The third-order valence-corrected chi connectivity index (χ3v) is 4.13. The summed E-state index contributed by atoms with van der Waals surface area (Å²) >= 11 is 11.5. The molecular weight excluding hydrogens is 261 g/mol. The normalized spacial score (nSPS) is 21.2. The zero-order valence-electron chi connectivity index (χ0n) is 7.57. The molecule has 1 aliphatic carbocycles. The van der Waals surface area contributed by atoms with Crippen molar-refractivity contribution in [2.75, 3.05) is 0 Å². The second-order valence-electron chi connectivity index (χ2n) is 3.48. The van der Waals surface area contributed by atoms with Crippen molar-refractivity contribution in [3.8, 4) is 0 Å². The van der Waals surface area contributed by atoms with Gasteiger partial charge >= 0.3 is 0 Å². The summed E-state index contributed by atoms with van der Waals surface area (Å²) in [7, 11) is -3.56. The monoisotopic (exact) mass is 269 g/mol. The maximum absolute atomic E-state index is 11.6. The van der Waals surface area contributed by atoms with E-state index in [9.17, 15) is 8.42 Å². The number of aromatic amines is 1. The summed E-state index contributed by atoms with van der Waals surface area (Å²) in [4.78, 5) is 6.19. The Hall–Kier alpha value is -0.300. The summed E-state index contributed by atoms with van der Waals surface area (Å²) < 4.78 is 24.9. The number of nitrogens with zero attached hydrogens (tertiary/aromatic N) is 1. The van der Waals surface area contributed by atoms with Crippen LogP contribution < -0.4 is 4.72 Å². The van der Waals surface area contributed by atoms with Crippen LogP contribution in [-0.2, 0) is 10.0 Å². The number of imidazole rings is 1. The largest absolute Gasteiger partial charge is 0.334 e. The lowest BCUT2D eigenvalue weighted by Crippen LogP contribution is -2.49. The van der Waals surface area contributed by atoms with Gasteiger partial charge in [0.15, 0.2) is 0 Å². The van der Waals surface area contributed by atoms with Crippen LogP contribution in [0.5, 0.6) is 0 Å². The fourth-order valence-electron chi connectivity index (χ4n) is 1.42. The third-order valence-electron chi connectivity index (χ3n) is 2.14. The molecule has 0 unspecified atom stereocenters. The minimum atomic E-state index is -3.56. The van der Waals surface area contributed by atoms with Crippen LogP contribution in [-0.4, -0.2) is 28.8 Å². The van der Waals surface area contributed by atoms with Gasteiger partial charge in [-0.05, 0) is 12.8 Å². The Balaban J connectivity index is 2.02. The summed E-state index contributed by atoms with van der Waals surface area (Å²) in [5.74, 6) is 0. The Kier molecular flexibility index (Phi) is 2.70. The second kappa shape index (κ2) is 3.62. The van der Waals surface area contributed by atoms with Gasteiger partial charge in [0, 0.05) is 18.4 Å². The molecule has 8 heteroatoms. The van der Waals surface area contributed by atoms with E-state index in [4.69, 9.17) is 23.2 Å². The maximum Gasteiger partial charge on any atom is 0.274 e. The number of nitrogens with one attached hydrogen (secondary N) is 2. The van der Waals surface area contributed by atoms with Crippen molar-refractivity contribution in [2.24, 2.45) is 0 Å². The zero-order valence-corrected chi connectivity index (χ0v) is 9.90. The van der Waals surface area contributed by atoms with E-state index in [-0.39, 0.29) is 11.2 Å². The number of hydrogen-bond acceptors (Lipinski definition) is 3. The van der Waals surface area contributed by atoms with E-state index >= 15 is 0 Å². The third kappa shape index (κ3) is 2.44. The molecule has 2 rings (SSSR count). The average molecular weight is 270 g/mol. The van der Waals surface area contributed by atoms with Gasteiger partial charge in [0.1, 0.15) is 4.33 Å². The molecule has 2 N–H and O–H groups in total. The molecule has 0 amide bonds. The first-order chi connectivity index (χ1) is 6.89. The van der Waals surface area contributed by atoms with Gasteiger partial charge in [-0.15, -0.1) is 23.2 Å². The Morgan fingerprint density at radius 3 is 2.67 bits per heavy atom. The van der Waals surface area contributed by atoms with E-state index in [1.807, 2.05) is 0 Å². The van der Waals surface area contributed by atoms with Crippen LogP contribution >= 0.6 is 23.2 Å². The number of halogens is 2. The Labute approximate surface area is 97.2 Å². The second-order valence-corrected chi connectivity index (χ2v) is 6.75. The summed E-state index contributed by atoms with van der Waals surface area (Å²) in [6, 6.07) is -0.213. The van der Waals surface area contributed by atoms with Crippen LogP contribution in [0.1, 0.15) is 12.8 Å². The van der Waals surface area contributed by atoms with Gasteiger partial charge in [0.05, 0.1) is 0 Å². The number of aromatic nitrogens is 2. The molecule has 1 aliphatic rings. The number of rotatable bonds is 3. The molecule has 1 aromatic heterocycles. The molecule has 0 aliphatic heterocycles. The first-order valence-corrected chi connectivity index (χ1v) is 6.52. The molecule has 1 heterocycles. The van der Waals surface area contributed by atoms with Crippen molar-refractivity contribution >= 4 is 33.2 Å². The Morgan fingerprint density at radius 1 is 1.53 bits per heavy atom. The number of alkyl halides is 2. The van der Waals surface area contributed by atoms with E-state index in [0.29, 0.717) is 12.8 Å². The maximum atomic E-state index is 11.6. The fraction of sp³-hybridized carbons (Fsp3) is 0.571. The predicted molar refractivity (Wildman–Crippen MR) is 56.4 cm³/mol. The summed E-state index contributed by atoms with van der Waals surface area (Å²) in [6.07, 6.45) is 3.65. The van der Waals surface area contributed by atoms with Crippen LogP contribution in [0, 0.1) is 0 Å². The summed E-state index contributed by atoms with van der Waals surface area (Å²) in [5, 5.41) is -0.0934. The Morgan fingerprint density at radius 2 is 2.20 bits per heavy atom. The molecule has 1 fully saturated rings. The van der Waals surface area contributed by atoms with Crippen molar-refractivity contribution in [2.45, 2.75) is 28.4 Å². The van der Waals surface area contributed by atoms with Gasteiger partial charge in [0.2, 0.25) is 5.16 Å². The van der Waals surface area contributed by atoms with Crippen LogP contribution in [0.3, 0.4) is 0 Å². The first-order valence-electron chi connectivity index (χ1n) is 4.29. The molecule has 1 saturated carbocycles. The van der Waals surface area contributed by atoms with Crippen molar-refractivity contribution in [1.29, 1.82) is 0 Å². The highest BCUT2D eigenvalue weighted by molar-refractivity contribution is 7.89. The molecule has 84 valence electrons. The topological polar surface area (TPSA) is 74.8 Å². The smallest absolute Gasteiger partial charge is 0.274 e. The lowest BCUT2D eigenvalue weighted by atomic mass is 9.93. The first kappa shape index (κ1) is 11.2. The summed E-state index contributed by atoms with van der Waals surface area (Å²) in [6.45, 7) is 0. The molecule has 0 spiro atoms. The van der Waals surface area contributed by atoms with E-state index in [0.717, 1.165) is 0 Å². The van der Waals surface area contributed by atoms with Gasteiger partial charge in [-0.3, -0.25) is 0 Å². The van der Waals surface area contributed by atoms with Crippen LogP contribution in [0.15, 0.2) is 17.6 Å². The molecule has 5 nitrogen and oxygen atoms in total. The average Bonchev–Trinajstić information content (AvgIpc) is 2.51. The molecule has 1 aromatic rings. The molecule has 0 saturated heterocycles. The van der Waals surface area contributed by atoms with Gasteiger partial charge in [0.25, 0.3) is 10.0 Å². The molecule has 0 aromatic carbocycles. The fourth-order valence-corrected chi connectivity index (χ4v) is 3.30. The van der Waals surface area contributed by atoms with Crippen LogP contribution in [0.2, 0.25) is 0 Å². The minimum absolute atomic E-state index is 0.0934. The highest BCUT2D eigenvalue weighted by atomic mass is 35.5. The highest BCUT2D eigenvalue weighted by Crippen LogP contribution is 2.42. The van der Waals surface area contributed by atoms with Crippen molar-refractivity contribution in [3.05, 3.63) is 12.4 Å². The standard InChI is InChI=1S/C7H9Cl2N3O2S/c8-7(9)3-5(4-7)12-15(13,14)6-10-1-2-11-6/h1-2,5,12H,3-4H2,(H,10,11). The molecule has 0 atom stereocenters. The van der Waals surface area contributed by atoms with E-state index in [1.165, 1.54) is 12.4 Å².